The Morgan fingerprint density at radius 1 is 1.18 bits per heavy atom. The van der Waals surface area contributed by atoms with Crippen LogP contribution in [0.3, 0.4) is 0 Å². The molecule has 152 valence electrons. The minimum atomic E-state index is -3.70. The predicted octanol–water partition coefficient (Wildman–Crippen LogP) is 1.56. The van der Waals surface area contributed by atoms with E-state index < -0.39 is 10.0 Å². The summed E-state index contributed by atoms with van der Waals surface area (Å²) in [4.78, 5) is 14.4. The van der Waals surface area contributed by atoms with E-state index >= 15 is 0 Å². The van der Waals surface area contributed by atoms with Crippen molar-refractivity contribution in [3.63, 3.8) is 0 Å². The van der Waals surface area contributed by atoms with Gasteiger partial charge in [-0.25, -0.2) is 8.42 Å². The Bertz CT molecular complexity index is 841. The molecule has 0 aromatic heterocycles. The Hall–Kier alpha value is -1.95. The van der Waals surface area contributed by atoms with Crippen LogP contribution < -0.4 is 5.32 Å². The molecule has 8 heteroatoms. The molecule has 0 radical (unpaired) electrons. The first-order chi connectivity index (χ1) is 13.4. The summed E-state index contributed by atoms with van der Waals surface area (Å²) < 4.78 is 27.1. The van der Waals surface area contributed by atoms with Crippen molar-refractivity contribution in [1.29, 1.82) is 5.26 Å². The number of benzene rings is 1. The topological polar surface area (TPSA) is 93.5 Å². The van der Waals surface area contributed by atoms with Crippen LogP contribution in [0.15, 0.2) is 29.2 Å². The number of hydrogen-bond donors (Lipinski definition) is 1. The summed E-state index contributed by atoms with van der Waals surface area (Å²) in [6, 6.07) is 8.47. The summed E-state index contributed by atoms with van der Waals surface area (Å²) >= 11 is 0. The molecule has 2 fully saturated rings. The highest BCUT2D eigenvalue weighted by molar-refractivity contribution is 7.89. The fourth-order valence-electron chi connectivity index (χ4n) is 4.04. The van der Waals surface area contributed by atoms with Gasteiger partial charge in [0.15, 0.2) is 0 Å². The number of amides is 1. The van der Waals surface area contributed by atoms with Crippen molar-refractivity contribution < 1.29 is 13.2 Å². The SMILES string of the molecule is C[C@@H]1CCCC[C@@H]1NC(=O)CN1CCN(S(=O)(=O)c2ccccc2C#N)CC1. The molecule has 1 amide bonds. The van der Waals surface area contributed by atoms with Gasteiger partial charge in [-0.2, -0.15) is 9.57 Å². The van der Waals surface area contributed by atoms with Crippen LogP contribution in [-0.4, -0.2) is 62.3 Å². The van der Waals surface area contributed by atoms with Crippen molar-refractivity contribution in [1.82, 2.24) is 14.5 Å². The normalized spacial score (nSPS) is 24.4. The van der Waals surface area contributed by atoms with Crippen LogP contribution in [0, 0.1) is 17.2 Å². The molecule has 1 saturated heterocycles. The number of piperazine rings is 1. The fraction of sp³-hybridized carbons (Fsp3) is 0.600. The lowest BCUT2D eigenvalue weighted by molar-refractivity contribution is -0.123. The molecule has 0 spiro atoms. The van der Waals surface area contributed by atoms with Gasteiger partial charge in [-0.15, -0.1) is 0 Å². The van der Waals surface area contributed by atoms with Crippen molar-refractivity contribution in [2.45, 2.75) is 43.5 Å². The van der Waals surface area contributed by atoms with Gasteiger partial charge in [0.05, 0.1) is 17.0 Å². The third kappa shape index (κ3) is 4.72. The molecule has 1 aliphatic heterocycles. The van der Waals surface area contributed by atoms with Gasteiger partial charge < -0.3 is 5.32 Å². The van der Waals surface area contributed by atoms with Crippen molar-refractivity contribution in [3.8, 4) is 6.07 Å². The second-order valence-corrected chi connectivity index (χ2v) is 9.63. The van der Waals surface area contributed by atoms with Gasteiger partial charge >= 0.3 is 0 Å². The summed E-state index contributed by atoms with van der Waals surface area (Å²) in [5, 5.41) is 12.3. The van der Waals surface area contributed by atoms with E-state index in [-0.39, 0.29) is 22.4 Å². The quantitative estimate of drug-likeness (QED) is 0.804. The summed E-state index contributed by atoms with van der Waals surface area (Å²) in [5.74, 6) is 0.532. The molecule has 2 aliphatic rings. The molecule has 0 bridgehead atoms. The van der Waals surface area contributed by atoms with Gasteiger partial charge in [-0.3, -0.25) is 9.69 Å². The Kier molecular flexibility index (Phi) is 6.70. The number of carbonyl (C=O) groups is 1. The lowest BCUT2D eigenvalue weighted by Crippen LogP contribution is -2.52. The third-order valence-corrected chi connectivity index (χ3v) is 7.74. The van der Waals surface area contributed by atoms with Gasteiger partial charge in [0.25, 0.3) is 0 Å². The van der Waals surface area contributed by atoms with Crippen LogP contribution >= 0.6 is 0 Å². The zero-order valence-electron chi connectivity index (χ0n) is 16.3. The highest BCUT2D eigenvalue weighted by Crippen LogP contribution is 2.24. The maximum absolute atomic E-state index is 12.9. The summed E-state index contributed by atoms with van der Waals surface area (Å²) in [6.45, 7) is 4.12. The first kappa shape index (κ1) is 20.8. The fourth-order valence-corrected chi connectivity index (χ4v) is 5.60. The molecular weight excluding hydrogens is 376 g/mol. The van der Waals surface area contributed by atoms with Crippen LogP contribution in [0.25, 0.3) is 0 Å². The highest BCUT2D eigenvalue weighted by Gasteiger charge is 2.31. The molecule has 1 saturated carbocycles. The second-order valence-electron chi connectivity index (χ2n) is 7.72. The molecule has 0 unspecified atom stereocenters. The number of hydrogen-bond acceptors (Lipinski definition) is 5. The average Bonchev–Trinajstić information content (AvgIpc) is 2.70. The number of rotatable bonds is 5. The lowest BCUT2D eigenvalue weighted by Gasteiger charge is -2.34. The maximum Gasteiger partial charge on any atom is 0.244 e. The Balaban J connectivity index is 1.54. The first-order valence-electron chi connectivity index (χ1n) is 9.93. The van der Waals surface area contributed by atoms with Crippen LogP contribution in [0.1, 0.15) is 38.2 Å². The molecule has 1 aromatic rings. The van der Waals surface area contributed by atoms with Crippen molar-refractivity contribution in [2.24, 2.45) is 5.92 Å². The van der Waals surface area contributed by atoms with Crippen LogP contribution in [-0.2, 0) is 14.8 Å². The third-order valence-electron chi connectivity index (χ3n) is 5.78. The van der Waals surface area contributed by atoms with Crippen molar-refractivity contribution in [2.75, 3.05) is 32.7 Å². The van der Waals surface area contributed by atoms with E-state index in [0.29, 0.717) is 38.6 Å². The maximum atomic E-state index is 12.9. The molecular formula is C20H28N4O3S. The van der Waals surface area contributed by atoms with E-state index in [0.717, 1.165) is 19.3 Å². The smallest absolute Gasteiger partial charge is 0.244 e. The molecule has 1 aliphatic carbocycles. The van der Waals surface area contributed by atoms with E-state index in [4.69, 9.17) is 0 Å². The van der Waals surface area contributed by atoms with Crippen molar-refractivity contribution in [3.05, 3.63) is 29.8 Å². The number of nitriles is 1. The molecule has 1 N–H and O–H groups in total. The number of nitrogens with zero attached hydrogens (tertiary/aromatic N) is 3. The Morgan fingerprint density at radius 3 is 2.54 bits per heavy atom. The lowest BCUT2D eigenvalue weighted by atomic mass is 9.86. The van der Waals surface area contributed by atoms with Crippen LogP contribution in [0.5, 0.6) is 0 Å². The standard InChI is InChI=1S/C20H28N4O3S/c1-16-6-2-4-8-18(16)22-20(25)15-23-10-12-24(13-11-23)28(26,27)19-9-5-3-7-17(19)14-21/h3,5,7,9,16,18H,2,4,6,8,10-13,15H2,1H3,(H,22,25)/t16-,18+/m1/s1. The van der Waals surface area contributed by atoms with E-state index in [1.54, 1.807) is 12.1 Å². The molecule has 7 nitrogen and oxygen atoms in total. The zero-order valence-corrected chi connectivity index (χ0v) is 17.1. The molecule has 1 heterocycles. The summed E-state index contributed by atoms with van der Waals surface area (Å²) in [6.07, 6.45) is 4.60. The Morgan fingerprint density at radius 2 is 1.86 bits per heavy atom. The number of nitrogens with one attached hydrogen (secondary N) is 1. The molecule has 2 atom stereocenters. The largest absolute Gasteiger partial charge is 0.352 e. The average molecular weight is 405 g/mol. The van der Waals surface area contributed by atoms with Gasteiger partial charge in [-0.1, -0.05) is 31.9 Å². The summed E-state index contributed by atoms with van der Waals surface area (Å²) in [5.41, 5.74) is 0.158. The molecule has 3 rings (SSSR count). The number of carbonyl (C=O) groups excluding carboxylic acids is 1. The van der Waals surface area contributed by atoms with E-state index in [9.17, 15) is 18.5 Å². The van der Waals surface area contributed by atoms with E-state index in [1.807, 2.05) is 11.0 Å². The van der Waals surface area contributed by atoms with E-state index in [2.05, 4.69) is 12.2 Å². The van der Waals surface area contributed by atoms with Gasteiger partial charge in [-0.05, 0) is 30.9 Å². The minimum Gasteiger partial charge on any atom is -0.352 e. The molecule has 1 aromatic carbocycles. The van der Waals surface area contributed by atoms with Crippen LogP contribution in [0.2, 0.25) is 0 Å². The summed E-state index contributed by atoms with van der Waals surface area (Å²) in [7, 11) is -3.70. The van der Waals surface area contributed by atoms with Gasteiger partial charge in [0, 0.05) is 32.2 Å². The second kappa shape index (κ2) is 9.03. The van der Waals surface area contributed by atoms with E-state index in [1.165, 1.54) is 22.9 Å². The highest BCUT2D eigenvalue weighted by atomic mass is 32.2. The molecule has 28 heavy (non-hydrogen) atoms. The first-order valence-corrected chi connectivity index (χ1v) is 11.4. The van der Waals surface area contributed by atoms with Crippen molar-refractivity contribution >= 4 is 15.9 Å². The van der Waals surface area contributed by atoms with Crippen LogP contribution in [0.4, 0.5) is 0 Å². The monoisotopic (exact) mass is 404 g/mol. The van der Waals surface area contributed by atoms with Gasteiger partial charge in [0.1, 0.15) is 6.07 Å². The Labute approximate surface area is 167 Å². The minimum absolute atomic E-state index is 0.0184. The van der Waals surface area contributed by atoms with Gasteiger partial charge in [0.2, 0.25) is 15.9 Å². The predicted molar refractivity (Wildman–Crippen MR) is 106 cm³/mol. The number of sulfonamides is 1. The zero-order chi connectivity index (χ0) is 20.1.